The molecule has 0 saturated carbocycles. The minimum absolute atomic E-state index is 0.0302. The molecule has 5 nitrogen and oxygen atoms in total. The average Bonchev–Trinajstić information content (AvgIpc) is 3.13. The number of unbranched alkanes of at least 4 members (excludes halogenated alkanes) is 2. The summed E-state index contributed by atoms with van der Waals surface area (Å²) in [6.45, 7) is 3.37. The zero-order valence-corrected chi connectivity index (χ0v) is 16.4. The monoisotopic (exact) mass is 383 g/mol. The van der Waals surface area contributed by atoms with E-state index in [1.165, 1.54) is 18.9 Å². The van der Waals surface area contributed by atoms with Crippen LogP contribution in [0.25, 0.3) is 0 Å². The van der Waals surface area contributed by atoms with E-state index >= 15 is 0 Å². The van der Waals surface area contributed by atoms with Gasteiger partial charge in [-0.2, -0.15) is 0 Å². The van der Waals surface area contributed by atoms with Gasteiger partial charge in [0.15, 0.2) is 6.29 Å². The number of aromatic hydroxyl groups is 1. The largest absolute Gasteiger partial charge is 0.507 e. The van der Waals surface area contributed by atoms with E-state index < -0.39 is 0 Å². The van der Waals surface area contributed by atoms with Gasteiger partial charge < -0.3 is 19.5 Å². The van der Waals surface area contributed by atoms with Crippen LogP contribution < -0.4 is 9.64 Å². The number of benzene rings is 2. The van der Waals surface area contributed by atoms with E-state index in [2.05, 4.69) is 24.0 Å². The minimum Gasteiger partial charge on any atom is -0.507 e. The van der Waals surface area contributed by atoms with Crippen LogP contribution in [0, 0.1) is 0 Å². The number of phenols is 1. The van der Waals surface area contributed by atoms with Crippen molar-refractivity contribution in [1.82, 2.24) is 0 Å². The molecule has 1 unspecified atom stereocenters. The van der Waals surface area contributed by atoms with Gasteiger partial charge in [0.2, 0.25) is 0 Å². The molecule has 1 heterocycles. The van der Waals surface area contributed by atoms with Crippen LogP contribution in [0.1, 0.15) is 49.4 Å². The fourth-order valence-electron chi connectivity index (χ4n) is 3.69. The first kappa shape index (κ1) is 20.2. The Bertz CT molecular complexity index is 750. The second kappa shape index (κ2) is 10.1. The molecule has 1 saturated heterocycles. The van der Waals surface area contributed by atoms with Gasteiger partial charge in [-0.1, -0.05) is 44.0 Å². The molecule has 3 rings (SSSR count). The third-order valence-corrected chi connectivity index (χ3v) is 5.16. The summed E-state index contributed by atoms with van der Waals surface area (Å²) >= 11 is 0. The van der Waals surface area contributed by atoms with Gasteiger partial charge in [-0.15, -0.1) is 0 Å². The molecule has 2 aromatic carbocycles. The molecule has 0 bridgehead atoms. The van der Waals surface area contributed by atoms with Crippen molar-refractivity contribution in [2.45, 2.75) is 51.3 Å². The molecule has 0 spiro atoms. The lowest BCUT2D eigenvalue weighted by Crippen LogP contribution is -2.41. The van der Waals surface area contributed by atoms with Gasteiger partial charge in [0.25, 0.3) is 0 Å². The van der Waals surface area contributed by atoms with Crippen molar-refractivity contribution >= 4 is 12.0 Å². The Morgan fingerprint density at radius 2 is 1.93 bits per heavy atom. The summed E-state index contributed by atoms with van der Waals surface area (Å²) in [4.78, 5) is 13.6. The predicted molar refractivity (Wildman–Crippen MR) is 110 cm³/mol. The number of para-hydroxylation sites is 1. The summed E-state index contributed by atoms with van der Waals surface area (Å²) in [5.41, 5.74) is 1.31. The lowest BCUT2D eigenvalue weighted by molar-refractivity contribution is 0.0553. The molecule has 1 aliphatic rings. The highest BCUT2D eigenvalue weighted by molar-refractivity contribution is 5.83. The van der Waals surface area contributed by atoms with Gasteiger partial charge in [0, 0.05) is 12.3 Å². The van der Waals surface area contributed by atoms with Crippen molar-refractivity contribution in [3.05, 3.63) is 54.1 Å². The van der Waals surface area contributed by atoms with E-state index in [1.807, 2.05) is 18.2 Å². The Hall–Kier alpha value is -2.53. The molecule has 0 amide bonds. The SMILES string of the molecule is CCCCCOC1CC[C@@H](COc2cccc(O)c2C=O)N1c1ccccc1. The smallest absolute Gasteiger partial charge is 0.157 e. The fourth-order valence-corrected chi connectivity index (χ4v) is 3.69. The molecule has 1 aliphatic heterocycles. The Labute approximate surface area is 166 Å². The Balaban J connectivity index is 1.70. The number of anilines is 1. The number of phenolic OH excluding ortho intramolecular Hbond substituents is 1. The van der Waals surface area contributed by atoms with E-state index in [0.29, 0.717) is 18.6 Å². The van der Waals surface area contributed by atoms with Gasteiger partial charge in [-0.3, -0.25) is 4.79 Å². The number of nitrogens with zero attached hydrogens (tertiary/aromatic N) is 1. The van der Waals surface area contributed by atoms with Crippen LogP contribution in [0.5, 0.6) is 11.5 Å². The number of hydrogen-bond acceptors (Lipinski definition) is 5. The van der Waals surface area contributed by atoms with Crippen LogP contribution in [0.4, 0.5) is 5.69 Å². The topological polar surface area (TPSA) is 59.0 Å². The summed E-state index contributed by atoms with van der Waals surface area (Å²) < 4.78 is 12.1. The van der Waals surface area contributed by atoms with E-state index in [9.17, 15) is 9.90 Å². The highest BCUT2D eigenvalue weighted by atomic mass is 16.5. The van der Waals surface area contributed by atoms with Gasteiger partial charge in [0.05, 0.1) is 11.6 Å². The molecule has 1 N–H and O–H groups in total. The van der Waals surface area contributed by atoms with Crippen molar-refractivity contribution in [2.75, 3.05) is 18.1 Å². The number of carbonyl (C=O) groups is 1. The number of ether oxygens (including phenoxy) is 2. The lowest BCUT2D eigenvalue weighted by Gasteiger charge is -2.32. The van der Waals surface area contributed by atoms with Crippen LogP contribution in [-0.4, -0.2) is 36.9 Å². The quantitative estimate of drug-likeness (QED) is 0.472. The zero-order chi connectivity index (χ0) is 19.8. The summed E-state index contributed by atoms with van der Waals surface area (Å²) in [6, 6.07) is 15.3. The van der Waals surface area contributed by atoms with E-state index in [-0.39, 0.29) is 23.6 Å². The number of aldehydes is 1. The van der Waals surface area contributed by atoms with E-state index in [4.69, 9.17) is 9.47 Å². The number of rotatable bonds is 10. The fraction of sp³-hybridized carbons (Fsp3) is 0.435. The van der Waals surface area contributed by atoms with E-state index in [0.717, 1.165) is 31.6 Å². The van der Waals surface area contributed by atoms with Crippen molar-refractivity contribution in [1.29, 1.82) is 0 Å². The summed E-state index contributed by atoms with van der Waals surface area (Å²) in [6.07, 6.45) is 5.98. The molecule has 0 radical (unpaired) electrons. The second-order valence-corrected chi connectivity index (χ2v) is 7.12. The molecule has 2 atom stereocenters. The maximum absolute atomic E-state index is 11.3. The van der Waals surface area contributed by atoms with E-state index in [1.54, 1.807) is 12.1 Å². The second-order valence-electron chi connectivity index (χ2n) is 7.12. The molecule has 2 aromatic rings. The van der Waals surface area contributed by atoms with Gasteiger partial charge in [0.1, 0.15) is 24.3 Å². The van der Waals surface area contributed by atoms with Crippen molar-refractivity contribution < 1.29 is 19.4 Å². The Morgan fingerprint density at radius 3 is 2.68 bits per heavy atom. The molecule has 5 heteroatoms. The first-order valence-corrected chi connectivity index (χ1v) is 10.1. The van der Waals surface area contributed by atoms with Crippen LogP contribution in [0.3, 0.4) is 0 Å². The summed E-state index contributed by atoms with van der Waals surface area (Å²) in [7, 11) is 0. The standard InChI is InChI=1S/C23H29NO4/c1-2-3-7-15-27-23-14-13-19(24(23)18-9-5-4-6-10-18)17-28-22-12-8-11-21(26)20(22)16-25/h4-6,8-12,16,19,23,26H,2-3,7,13-15,17H2,1H3/t19-,23?/m0/s1. The third-order valence-electron chi connectivity index (χ3n) is 5.16. The van der Waals surface area contributed by atoms with Crippen molar-refractivity contribution in [3.8, 4) is 11.5 Å². The molecule has 150 valence electrons. The maximum Gasteiger partial charge on any atom is 0.157 e. The van der Waals surface area contributed by atoms with Crippen LogP contribution >= 0.6 is 0 Å². The first-order valence-electron chi connectivity index (χ1n) is 10.1. The van der Waals surface area contributed by atoms with Crippen LogP contribution in [0.15, 0.2) is 48.5 Å². The Morgan fingerprint density at radius 1 is 1.11 bits per heavy atom. The van der Waals surface area contributed by atoms with Gasteiger partial charge in [-0.05, 0) is 43.5 Å². The molecule has 0 aromatic heterocycles. The van der Waals surface area contributed by atoms with Crippen molar-refractivity contribution in [2.24, 2.45) is 0 Å². The summed E-state index contributed by atoms with van der Waals surface area (Å²) in [5.74, 6) is 0.353. The zero-order valence-electron chi connectivity index (χ0n) is 16.4. The number of hydrogen-bond donors (Lipinski definition) is 1. The number of carbonyl (C=O) groups excluding carboxylic acids is 1. The molecular weight excluding hydrogens is 354 g/mol. The predicted octanol–water partition coefficient (Wildman–Crippen LogP) is 4.79. The normalized spacial score (nSPS) is 19.0. The average molecular weight is 383 g/mol. The molecular formula is C23H29NO4. The third kappa shape index (κ3) is 4.84. The lowest BCUT2D eigenvalue weighted by atomic mass is 10.2. The maximum atomic E-state index is 11.3. The molecule has 0 aliphatic carbocycles. The van der Waals surface area contributed by atoms with Gasteiger partial charge in [-0.25, -0.2) is 0 Å². The Kier molecular flexibility index (Phi) is 7.31. The molecule has 1 fully saturated rings. The van der Waals surface area contributed by atoms with Crippen LogP contribution in [-0.2, 0) is 4.74 Å². The van der Waals surface area contributed by atoms with Crippen molar-refractivity contribution in [3.63, 3.8) is 0 Å². The highest BCUT2D eigenvalue weighted by Crippen LogP contribution is 2.33. The van der Waals surface area contributed by atoms with Gasteiger partial charge >= 0.3 is 0 Å². The van der Waals surface area contributed by atoms with Crippen LogP contribution in [0.2, 0.25) is 0 Å². The summed E-state index contributed by atoms with van der Waals surface area (Å²) in [5, 5.41) is 9.85. The molecule has 28 heavy (non-hydrogen) atoms. The first-order chi connectivity index (χ1) is 13.7. The minimum atomic E-state index is -0.0593. The highest BCUT2D eigenvalue weighted by Gasteiger charge is 2.34.